The number of carboxylic acid groups (broad SMARTS) is 1. The molecular weight excluding hydrogens is 568 g/mol. The Morgan fingerprint density at radius 2 is 1.66 bits per heavy atom. The molecule has 1 atom stereocenters. The fourth-order valence-corrected chi connectivity index (χ4v) is 5.49. The number of nitrogens with one attached hydrogen (secondary N) is 2. The summed E-state index contributed by atoms with van der Waals surface area (Å²) in [7, 11) is 0. The number of amides is 4. The zero-order valence-corrected chi connectivity index (χ0v) is 25.0. The Bertz CT molecular complexity index is 1320. The SMILES string of the molecule is CCOC(=O)N1CCN(C(=O)[C@H](CCC(=O)O)NC(=O)c2cc(NC(=O)CCC3CCCC3)nc(-c3ccccc3)n2)CC1. The molecule has 2 fully saturated rings. The third kappa shape index (κ3) is 9.22. The summed E-state index contributed by atoms with van der Waals surface area (Å²) in [6.07, 6.45) is 4.82. The Morgan fingerprint density at radius 1 is 0.977 bits per heavy atom. The number of carbonyl (C=O) groups is 5. The van der Waals surface area contributed by atoms with Gasteiger partial charge in [0, 0.05) is 50.7 Å². The summed E-state index contributed by atoms with van der Waals surface area (Å²) < 4.78 is 5.03. The monoisotopic (exact) mass is 608 g/mol. The normalized spacial score (nSPS) is 15.8. The van der Waals surface area contributed by atoms with Crippen molar-refractivity contribution in [2.45, 2.75) is 64.3 Å². The molecule has 2 heterocycles. The molecule has 3 N–H and O–H groups in total. The number of piperazine rings is 1. The highest BCUT2D eigenvalue weighted by Gasteiger charge is 2.31. The fourth-order valence-electron chi connectivity index (χ4n) is 5.49. The molecule has 1 saturated carbocycles. The van der Waals surface area contributed by atoms with E-state index in [-0.39, 0.29) is 68.9 Å². The summed E-state index contributed by atoms with van der Waals surface area (Å²) in [5, 5.41) is 14.7. The first kappa shape index (κ1) is 32.4. The Hall–Kier alpha value is -4.55. The molecule has 1 aromatic heterocycles. The van der Waals surface area contributed by atoms with Crippen molar-refractivity contribution in [3.8, 4) is 11.4 Å². The van der Waals surface area contributed by atoms with E-state index < -0.39 is 29.9 Å². The lowest BCUT2D eigenvalue weighted by Crippen LogP contribution is -2.56. The Morgan fingerprint density at radius 3 is 2.32 bits per heavy atom. The second-order valence-electron chi connectivity index (χ2n) is 11.0. The summed E-state index contributed by atoms with van der Waals surface area (Å²) in [5.74, 6) is -1.57. The van der Waals surface area contributed by atoms with Crippen LogP contribution in [0.15, 0.2) is 36.4 Å². The predicted octanol–water partition coefficient (Wildman–Crippen LogP) is 3.32. The molecule has 2 aromatic rings. The van der Waals surface area contributed by atoms with Crippen molar-refractivity contribution in [2.75, 3.05) is 38.1 Å². The van der Waals surface area contributed by atoms with Crippen LogP contribution >= 0.6 is 0 Å². The lowest BCUT2D eigenvalue weighted by molar-refractivity contribution is -0.138. The summed E-state index contributed by atoms with van der Waals surface area (Å²) in [5.41, 5.74) is 0.548. The van der Waals surface area contributed by atoms with Crippen LogP contribution < -0.4 is 10.6 Å². The molecule has 13 heteroatoms. The average molecular weight is 609 g/mol. The summed E-state index contributed by atoms with van der Waals surface area (Å²) in [6, 6.07) is 9.19. The molecule has 4 amide bonds. The molecule has 1 aliphatic carbocycles. The van der Waals surface area contributed by atoms with Gasteiger partial charge in [-0.05, 0) is 25.7 Å². The summed E-state index contributed by atoms with van der Waals surface area (Å²) in [4.78, 5) is 75.0. The molecule has 44 heavy (non-hydrogen) atoms. The highest BCUT2D eigenvalue weighted by Crippen LogP contribution is 2.28. The van der Waals surface area contributed by atoms with Crippen LogP contribution in [0.4, 0.5) is 10.6 Å². The van der Waals surface area contributed by atoms with E-state index in [0.717, 1.165) is 19.3 Å². The third-order valence-corrected chi connectivity index (χ3v) is 7.88. The van der Waals surface area contributed by atoms with E-state index >= 15 is 0 Å². The number of benzene rings is 1. The topological polar surface area (TPSA) is 171 Å². The standard InChI is InChI=1S/C31H40N6O7/c1-2-44-31(43)37-18-16-36(17-19-37)30(42)23(13-15-27(39)40)33-29(41)24-20-25(34-26(38)14-12-21-8-6-7-9-21)35-28(32-24)22-10-4-3-5-11-22/h3-5,10-11,20-21,23H,2,6-9,12-19H2,1H3,(H,33,41)(H,39,40)(H,32,34,35,38)/t23-/m0/s1. The number of hydrogen-bond acceptors (Lipinski definition) is 8. The van der Waals surface area contributed by atoms with E-state index in [0.29, 0.717) is 17.9 Å². The molecule has 4 rings (SSSR count). The highest BCUT2D eigenvalue weighted by atomic mass is 16.6. The number of carbonyl (C=O) groups excluding carboxylic acids is 4. The van der Waals surface area contributed by atoms with Gasteiger partial charge in [0.1, 0.15) is 17.6 Å². The van der Waals surface area contributed by atoms with Gasteiger partial charge in [0.15, 0.2) is 5.82 Å². The number of carboxylic acids is 1. The number of anilines is 1. The van der Waals surface area contributed by atoms with Gasteiger partial charge in [0.2, 0.25) is 11.8 Å². The number of rotatable bonds is 12. The van der Waals surface area contributed by atoms with Gasteiger partial charge in [-0.3, -0.25) is 19.2 Å². The number of hydrogen-bond donors (Lipinski definition) is 3. The van der Waals surface area contributed by atoms with Crippen molar-refractivity contribution in [1.29, 1.82) is 0 Å². The molecule has 1 aliphatic heterocycles. The lowest BCUT2D eigenvalue weighted by Gasteiger charge is -2.35. The number of ether oxygens (including phenoxy) is 1. The van der Waals surface area contributed by atoms with Crippen LogP contribution in [-0.4, -0.2) is 93.5 Å². The van der Waals surface area contributed by atoms with Gasteiger partial charge in [-0.1, -0.05) is 56.0 Å². The van der Waals surface area contributed by atoms with Crippen LogP contribution in [-0.2, 0) is 19.1 Å². The molecule has 0 radical (unpaired) electrons. The number of aromatic nitrogens is 2. The average Bonchev–Trinajstić information content (AvgIpc) is 3.56. The van der Waals surface area contributed by atoms with E-state index in [1.54, 1.807) is 31.2 Å². The minimum absolute atomic E-state index is 0.0785. The highest BCUT2D eigenvalue weighted by molar-refractivity contribution is 5.98. The Labute approximate surface area is 256 Å². The largest absolute Gasteiger partial charge is 0.481 e. The smallest absolute Gasteiger partial charge is 0.409 e. The van der Waals surface area contributed by atoms with Crippen LogP contribution in [0.3, 0.4) is 0 Å². The molecule has 1 aromatic carbocycles. The van der Waals surface area contributed by atoms with Crippen molar-refractivity contribution >= 4 is 35.6 Å². The first-order chi connectivity index (χ1) is 21.2. The van der Waals surface area contributed by atoms with Crippen LogP contribution in [0, 0.1) is 5.92 Å². The quantitative estimate of drug-likeness (QED) is 0.327. The van der Waals surface area contributed by atoms with Gasteiger partial charge in [-0.2, -0.15) is 0 Å². The van der Waals surface area contributed by atoms with Gasteiger partial charge < -0.3 is 30.3 Å². The van der Waals surface area contributed by atoms with Gasteiger partial charge in [-0.25, -0.2) is 14.8 Å². The Balaban J connectivity index is 1.50. The molecule has 0 spiro atoms. The molecule has 0 bridgehead atoms. The fraction of sp³-hybridized carbons (Fsp3) is 0.516. The maximum atomic E-state index is 13.5. The van der Waals surface area contributed by atoms with E-state index in [4.69, 9.17) is 4.74 Å². The zero-order chi connectivity index (χ0) is 31.5. The van der Waals surface area contributed by atoms with Gasteiger partial charge in [-0.15, -0.1) is 0 Å². The minimum Gasteiger partial charge on any atom is -0.481 e. The number of aliphatic carboxylic acids is 1. The first-order valence-electron chi connectivity index (χ1n) is 15.2. The van der Waals surface area contributed by atoms with Crippen LogP contribution in [0.25, 0.3) is 11.4 Å². The lowest BCUT2D eigenvalue weighted by atomic mass is 10.0. The zero-order valence-electron chi connectivity index (χ0n) is 25.0. The van der Waals surface area contributed by atoms with Crippen LogP contribution in [0.1, 0.15) is 68.8 Å². The molecule has 2 aliphatic rings. The van der Waals surface area contributed by atoms with Gasteiger partial charge in [0.25, 0.3) is 5.91 Å². The van der Waals surface area contributed by atoms with Crippen molar-refractivity contribution in [3.63, 3.8) is 0 Å². The van der Waals surface area contributed by atoms with Crippen molar-refractivity contribution in [3.05, 3.63) is 42.1 Å². The number of nitrogens with zero attached hydrogens (tertiary/aromatic N) is 4. The maximum absolute atomic E-state index is 13.5. The molecular formula is C31H40N6O7. The van der Waals surface area contributed by atoms with E-state index in [1.807, 2.05) is 6.07 Å². The summed E-state index contributed by atoms with van der Waals surface area (Å²) in [6.45, 7) is 2.87. The summed E-state index contributed by atoms with van der Waals surface area (Å²) >= 11 is 0. The maximum Gasteiger partial charge on any atom is 0.409 e. The predicted molar refractivity (Wildman–Crippen MR) is 161 cm³/mol. The van der Waals surface area contributed by atoms with Crippen molar-refractivity contribution < 1.29 is 33.8 Å². The van der Waals surface area contributed by atoms with Gasteiger partial charge in [0.05, 0.1) is 6.61 Å². The van der Waals surface area contributed by atoms with Gasteiger partial charge >= 0.3 is 12.1 Å². The van der Waals surface area contributed by atoms with E-state index in [1.165, 1.54) is 28.7 Å². The molecule has 1 saturated heterocycles. The minimum atomic E-state index is -1.15. The third-order valence-electron chi connectivity index (χ3n) is 7.88. The molecule has 13 nitrogen and oxygen atoms in total. The van der Waals surface area contributed by atoms with Crippen LogP contribution in [0.5, 0.6) is 0 Å². The molecule has 0 unspecified atom stereocenters. The van der Waals surface area contributed by atoms with Crippen LogP contribution in [0.2, 0.25) is 0 Å². The second-order valence-corrected chi connectivity index (χ2v) is 11.0. The van der Waals surface area contributed by atoms with Crippen molar-refractivity contribution in [2.24, 2.45) is 5.92 Å². The Kier molecular flexibility index (Phi) is 11.6. The molecule has 236 valence electrons. The van der Waals surface area contributed by atoms with E-state index in [9.17, 15) is 29.1 Å². The van der Waals surface area contributed by atoms with E-state index in [2.05, 4.69) is 20.6 Å². The van der Waals surface area contributed by atoms with Crippen molar-refractivity contribution in [1.82, 2.24) is 25.1 Å². The second kappa shape index (κ2) is 15.8. The first-order valence-corrected chi connectivity index (χ1v) is 15.2.